The van der Waals surface area contributed by atoms with Gasteiger partial charge in [0.25, 0.3) is 0 Å². The summed E-state index contributed by atoms with van der Waals surface area (Å²) in [5.41, 5.74) is 0. The zero-order valence-corrected chi connectivity index (χ0v) is 4.30. The van der Waals surface area contributed by atoms with Gasteiger partial charge in [0.1, 0.15) is 0 Å². The lowest BCUT2D eigenvalue weighted by Gasteiger charge is -1.77. The number of carboxylic acids is 1. The molecule has 1 N–H and O–H groups in total. The summed E-state index contributed by atoms with van der Waals surface area (Å²) in [5, 5.41) is 7.93. The fourth-order valence-corrected chi connectivity index (χ4v) is 0.247. The van der Waals surface area contributed by atoms with Crippen LogP contribution in [0.2, 0.25) is 0 Å². The number of aliphatic carboxylic acids is 1. The molecular weight excluding hydrogens is 111 g/mol. The van der Waals surface area contributed by atoms with Gasteiger partial charge in [-0.2, -0.15) is 0 Å². The molecule has 0 rings (SSSR count). The Balaban J connectivity index is 3.20. The Hall–Kier alpha value is -0.860. The summed E-state index contributed by atoms with van der Waals surface area (Å²) in [6.45, 7) is -0.496. The van der Waals surface area contributed by atoms with Crippen LogP contribution in [-0.2, 0) is 4.79 Å². The molecular formula is C5H7FO2. The molecule has 0 aromatic carbocycles. The third-order valence-electron chi connectivity index (χ3n) is 0.536. The number of carbonyl (C=O) groups is 1. The van der Waals surface area contributed by atoms with E-state index >= 15 is 0 Å². The lowest BCUT2D eigenvalue weighted by Crippen LogP contribution is -1.85. The zero-order valence-electron chi connectivity index (χ0n) is 4.30. The minimum Gasteiger partial charge on any atom is -0.478 e. The van der Waals surface area contributed by atoms with Gasteiger partial charge >= 0.3 is 5.97 Å². The molecule has 0 fully saturated rings. The van der Waals surface area contributed by atoms with E-state index in [1.807, 2.05) is 0 Å². The molecule has 0 saturated heterocycles. The maximum absolute atomic E-state index is 11.2. The largest absolute Gasteiger partial charge is 0.478 e. The van der Waals surface area contributed by atoms with Gasteiger partial charge in [-0.05, 0) is 6.42 Å². The first kappa shape index (κ1) is 7.14. The van der Waals surface area contributed by atoms with Gasteiger partial charge in [-0.25, -0.2) is 4.79 Å². The predicted molar refractivity (Wildman–Crippen MR) is 27.4 cm³/mol. The number of hydrogen-bond donors (Lipinski definition) is 1. The van der Waals surface area contributed by atoms with Crippen LogP contribution >= 0.6 is 0 Å². The second-order valence-electron chi connectivity index (χ2n) is 1.22. The lowest BCUT2D eigenvalue weighted by atomic mass is 10.4. The van der Waals surface area contributed by atoms with Crippen LogP contribution in [0.15, 0.2) is 12.2 Å². The molecule has 2 nitrogen and oxygen atoms in total. The molecule has 0 heterocycles. The van der Waals surface area contributed by atoms with Gasteiger partial charge in [-0.1, -0.05) is 6.08 Å². The number of rotatable bonds is 3. The van der Waals surface area contributed by atoms with Gasteiger partial charge in [0.2, 0.25) is 0 Å². The minimum absolute atomic E-state index is 0.187. The van der Waals surface area contributed by atoms with E-state index in [9.17, 15) is 9.18 Å². The molecule has 0 saturated carbocycles. The molecule has 0 aliphatic rings. The maximum Gasteiger partial charge on any atom is 0.327 e. The van der Waals surface area contributed by atoms with Crippen LogP contribution in [0.1, 0.15) is 6.42 Å². The fourth-order valence-electron chi connectivity index (χ4n) is 0.247. The summed E-state index contributed by atoms with van der Waals surface area (Å²) in [4.78, 5) is 9.66. The van der Waals surface area contributed by atoms with Crippen molar-refractivity contribution in [1.82, 2.24) is 0 Å². The molecule has 0 aromatic rings. The lowest BCUT2D eigenvalue weighted by molar-refractivity contribution is -0.131. The van der Waals surface area contributed by atoms with Crippen LogP contribution in [0.5, 0.6) is 0 Å². The van der Waals surface area contributed by atoms with Crippen molar-refractivity contribution in [2.45, 2.75) is 6.42 Å². The molecule has 0 bridgehead atoms. The molecule has 0 radical (unpaired) electrons. The van der Waals surface area contributed by atoms with Crippen molar-refractivity contribution >= 4 is 5.97 Å². The summed E-state index contributed by atoms with van der Waals surface area (Å²) < 4.78 is 11.2. The highest BCUT2D eigenvalue weighted by Gasteiger charge is 1.82. The summed E-state index contributed by atoms with van der Waals surface area (Å²) >= 11 is 0. The number of carboxylic acid groups (broad SMARTS) is 1. The Labute approximate surface area is 46.6 Å². The topological polar surface area (TPSA) is 37.3 Å². The van der Waals surface area contributed by atoms with E-state index in [-0.39, 0.29) is 6.42 Å². The molecule has 0 spiro atoms. The zero-order chi connectivity index (χ0) is 6.41. The first-order valence-electron chi connectivity index (χ1n) is 2.23. The third kappa shape index (κ3) is 5.14. The molecule has 3 heteroatoms. The molecule has 0 amide bonds. The quantitative estimate of drug-likeness (QED) is 0.561. The third-order valence-corrected chi connectivity index (χ3v) is 0.536. The molecule has 0 atom stereocenters. The maximum atomic E-state index is 11.2. The van der Waals surface area contributed by atoms with Crippen LogP contribution in [0.4, 0.5) is 4.39 Å². The van der Waals surface area contributed by atoms with E-state index < -0.39 is 12.6 Å². The van der Waals surface area contributed by atoms with Crippen LogP contribution in [-0.4, -0.2) is 17.8 Å². The van der Waals surface area contributed by atoms with E-state index in [0.717, 1.165) is 6.08 Å². The molecule has 8 heavy (non-hydrogen) atoms. The van der Waals surface area contributed by atoms with Crippen molar-refractivity contribution in [2.24, 2.45) is 0 Å². The molecule has 46 valence electrons. The highest BCUT2D eigenvalue weighted by Crippen LogP contribution is 1.82. The first-order valence-corrected chi connectivity index (χ1v) is 2.23. The van der Waals surface area contributed by atoms with E-state index in [0.29, 0.717) is 0 Å². The Morgan fingerprint density at radius 2 is 2.38 bits per heavy atom. The molecule has 0 aromatic heterocycles. The van der Waals surface area contributed by atoms with Crippen molar-refractivity contribution < 1.29 is 14.3 Å². The summed E-state index contributed by atoms with van der Waals surface area (Å²) in [7, 11) is 0. The van der Waals surface area contributed by atoms with Crippen LogP contribution in [0.25, 0.3) is 0 Å². The van der Waals surface area contributed by atoms with E-state index in [2.05, 4.69) is 0 Å². The van der Waals surface area contributed by atoms with E-state index in [1.165, 1.54) is 6.08 Å². The average Bonchev–Trinajstić information content (AvgIpc) is 1.66. The summed E-state index contributed by atoms with van der Waals surface area (Å²) in [6, 6.07) is 0. The fraction of sp³-hybridized carbons (Fsp3) is 0.400. The van der Waals surface area contributed by atoms with Crippen molar-refractivity contribution in [3.63, 3.8) is 0 Å². The van der Waals surface area contributed by atoms with Crippen LogP contribution in [0, 0.1) is 0 Å². The summed E-state index contributed by atoms with van der Waals surface area (Å²) in [6.07, 6.45) is 2.40. The SMILES string of the molecule is O=C(O)/C=C/CCF. The number of halogens is 1. The average molecular weight is 118 g/mol. The van der Waals surface area contributed by atoms with Gasteiger partial charge in [-0.15, -0.1) is 0 Å². The predicted octanol–water partition coefficient (Wildman–Crippen LogP) is 0.987. The molecule has 0 unspecified atom stereocenters. The Morgan fingerprint density at radius 1 is 1.75 bits per heavy atom. The Kier molecular flexibility index (Phi) is 3.84. The smallest absolute Gasteiger partial charge is 0.327 e. The first-order chi connectivity index (χ1) is 3.77. The van der Waals surface area contributed by atoms with Gasteiger partial charge in [0.15, 0.2) is 0 Å². The van der Waals surface area contributed by atoms with Crippen molar-refractivity contribution in [1.29, 1.82) is 0 Å². The molecule has 0 aliphatic carbocycles. The Bertz CT molecular complexity index is 98.6. The molecule has 0 aliphatic heterocycles. The van der Waals surface area contributed by atoms with Crippen molar-refractivity contribution in [2.75, 3.05) is 6.67 Å². The van der Waals surface area contributed by atoms with Gasteiger partial charge in [0, 0.05) is 6.08 Å². The van der Waals surface area contributed by atoms with Crippen molar-refractivity contribution in [3.05, 3.63) is 12.2 Å². The van der Waals surface area contributed by atoms with Gasteiger partial charge in [0.05, 0.1) is 6.67 Å². The normalized spacial score (nSPS) is 10.1. The van der Waals surface area contributed by atoms with Gasteiger partial charge < -0.3 is 5.11 Å². The number of allylic oxidation sites excluding steroid dienone is 1. The van der Waals surface area contributed by atoms with Crippen LogP contribution in [0.3, 0.4) is 0 Å². The summed E-state index contributed by atoms with van der Waals surface area (Å²) in [5.74, 6) is -1.03. The second kappa shape index (κ2) is 4.30. The second-order valence-corrected chi connectivity index (χ2v) is 1.22. The van der Waals surface area contributed by atoms with E-state index in [4.69, 9.17) is 5.11 Å². The minimum atomic E-state index is -1.03. The number of hydrogen-bond acceptors (Lipinski definition) is 1. The van der Waals surface area contributed by atoms with Crippen molar-refractivity contribution in [3.8, 4) is 0 Å². The standard InChI is InChI=1S/C5H7FO2/c6-4-2-1-3-5(7)8/h1,3H,2,4H2,(H,7,8)/b3-1+. The highest BCUT2D eigenvalue weighted by atomic mass is 19.1. The van der Waals surface area contributed by atoms with Gasteiger partial charge in [-0.3, -0.25) is 4.39 Å². The monoisotopic (exact) mass is 118 g/mol. The van der Waals surface area contributed by atoms with Crippen LogP contribution < -0.4 is 0 Å². The number of alkyl halides is 1. The highest BCUT2D eigenvalue weighted by molar-refractivity contribution is 5.79. The Morgan fingerprint density at radius 3 is 2.75 bits per heavy atom. The van der Waals surface area contributed by atoms with E-state index in [1.54, 1.807) is 0 Å².